The van der Waals surface area contributed by atoms with Gasteiger partial charge in [-0.1, -0.05) is 42.5 Å². The standard InChI is InChI=1S/C20H17IO4S/c1-13-12-17(14-8-10-16(25-2)11-9-14)20(26(22,23)24)18(19(13)21)15-6-4-3-5-7-15/h3-12H,1-2H3,(H,22,23,24). The molecule has 0 fully saturated rings. The summed E-state index contributed by atoms with van der Waals surface area (Å²) in [4.78, 5) is -0.0798. The molecule has 3 rings (SSSR count). The summed E-state index contributed by atoms with van der Waals surface area (Å²) in [6.45, 7) is 1.93. The van der Waals surface area contributed by atoms with Crippen LogP contribution in [0.3, 0.4) is 0 Å². The van der Waals surface area contributed by atoms with Crippen molar-refractivity contribution >= 4 is 32.7 Å². The van der Waals surface area contributed by atoms with E-state index in [0.717, 1.165) is 14.7 Å². The molecule has 0 heterocycles. The van der Waals surface area contributed by atoms with Crippen molar-refractivity contribution < 1.29 is 17.7 Å². The van der Waals surface area contributed by atoms with E-state index in [1.807, 2.05) is 37.3 Å². The SMILES string of the molecule is COc1ccc(-c2cc(C)c(I)c(-c3ccccc3)c2S(=O)(=O)O)cc1. The third-order valence-corrected chi connectivity index (χ3v) is 6.45. The Kier molecular flexibility index (Phi) is 5.36. The molecule has 3 aromatic rings. The van der Waals surface area contributed by atoms with Gasteiger partial charge in [-0.3, -0.25) is 4.55 Å². The molecule has 0 atom stereocenters. The first-order valence-corrected chi connectivity index (χ1v) is 10.3. The van der Waals surface area contributed by atoms with Gasteiger partial charge in [-0.25, -0.2) is 0 Å². The van der Waals surface area contributed by atoms with E-state index in [9.17, 15) is 13.0 Å². The van der Waals surface area contributed by atoms with Gasteiger partial charge < -0.3 is 4.74 Å². The van der Waals surface area contributed by atoms with E-state index in [-0.39, 0.29) is 4.90 Å². The van der Waals surface area contributed by atoms with E-state index in [4.69, 9.17) is 4.74 Å². The number of ether oxygens (including phenoxy) is 1. The molecule has 0 aliphatic carbocycles. The van der Waals surface area contributed by atoms with Crippen molar-refractivity contribution in [3.63, 3.8) is 0 Å². The lowest BCUT2D eigenvalue weighted by Crippen LogP contribution is -2.06. The lowest BCUT2D eigenvalue weighted by molar-refractivity contribution is 0.415. The van der Waals surface area contributed by atoms with Crippen molar-refractivity contribution in [2.75, 3.05) is 7.11 Å². The van der Waals surface area contributed by atoms with Gasteiger partial charge >= 0.3 is 0 Å². The minimum atomic E-state index is -4.45. The molecular formula is C20H17IO4S. The summed E-state index contributed by atoms with van der Waals surface area (Å²) in [5.74, 6) is 0.674. The van der Waals surface area contributed by atoms with Crippen molar-refractivity contribution in [2.24, 2.45) is 0 Å². The fraction of sp³-hybridized carbons (Fsp3) is 0.100. The maximum absolute atomic E-state index is 12.3. The first kappa shape index (κ1) is 18.9. The van der Waals surface area contributed by atoms with Crippen molar-refractivity contribution in [1.29, 1.82) is 0 Å². The van der Waals surface area contributed by atoms with Crippen LogP contribution in [0.1, 0.15) is 5.56 Å². The first-order chi connectivity index (χ1) is 12.3. The molecule has 0 aliphatic rings. The molecule has 1 N–H and O–H groups in total. The highest BCUT2D eigenvalue weighted by Crippen LogP contribution is 2.40. The van der Waals surface area contributed by atoms with E-state index in [1.54, 1.807) is 37.4 Å². The zero-order valence-electron chi connectivity index (χ0n) is 14.2. The molecule has 3 aromatic carbocycles. The van der Waals surface area contributed by atoms with Crippen LogP contribution >= 0.6 is 22.6 Å². The van der Waals surface area contributed by atoms with Crippen LogP contribution in [0, 0.1) is 10.5 Å². The fourth-order valence-electron chi connectivity index (χ4n) is 2.89. The van der Waals surface area contributed by atoms with Gasteiger partial charge in [0.15, 0.2) is 0 Å². The monoisotopic (exact) mass is 480 g/mol. The van der Waals surface area contributed by atoms with Gasteiger partial charge in [-0.05, 0) is 64.4 Å². The maximum Gasteiger partial charge on any atom is 0.295 e. The largest absolute Gasteiger partial charge is 0.497 e. The number of methoxy groups -OCH3 is 1. The van der Waals surface area contributed by atoms with Gasteiger partial charge in [0.05, 0.1) is 7.11 Å². The average Bonchev–Trinajstić information content (AvgIpc) is 2.63. The Morgan fingerprint density at radius 1 is 0.962 bits per heavy atom. The molecule has 0 radical (unpaired) electrons. The minimum absolute atomic E-state index is 0.0798. The van der Waals surface area contributed by atoms with Gasteiger partial charge in [0, 0.05) is 14.7 Å². The number of rotatable bonds is 4. The summed E-state index contributed by atoms with van der Waals surface area (Å²) in [7, 11) is -2.88. The Morgan fingerprint density at radius 3 is 2.12 bits per heavy atom. The second kappa shape index (κ2) is 7.38. The van der Waals surface area contributed by atoms with Crippen LogP contribution in [0.15, 0.2) is 65.6 Å². The highest BCUT2D eigenvalue weighted by atomic mass is 127. The van der Waals surface area contributed by atoms with Gasteiger partial charge in [0.25, 0.3) is 10.1 Å². The van der Waals surface area contributed by atoms with Crippen LogP contribution in [0.4, 0.5) is 0 Å². The second-order valence-electron chi connectivity index (χ2n) is 5.83. The Balaban J connectivity index is 2.40. The molecule has 0 saturated heterocycles. The van der Waals surface area contributed by atoms with E-state index in [0.29, 0.717) is 22.4 Å². The van der Waals surface area contributed by atoms with E-state index < -0.39 is 10.1 Å². The number of hydrogen-bond donors (Lipinski definition) is 1. The zero-order chi connectivity index (χ0) is 18.9. The molecule has 0 amide bonds. The van der Waals surface area contributed by atoms with Crippen LogP contribution < -0.4 is 4.74 Å². The van der Waals surface area contributed by atoms with E-state index in [2.05, 4.69) is 22.6 Å². The number of benzene rings is 3. The van der Waals surface area contributed by atoms with Crippen LogP contribution in [0.25, 0.3) is 22.3 Å². The molecule has 0 unspecified atom stereocenters. The summed E-state index contributed by atoms with van der Waals surface area (Å²) in [5, 5.41) is 0. The summed E-state index contributed by atoms with van der Waals surface area (Å²) in [6, 6.07) is 18.1. The maximum atomic E-state index is 12.3. The first-order valence-electron chi connectivity index (χ1n) is 7.83. The van der Waals surface area contributed by atoms with Gasteiger partial charge in [0.2, 0.25) is 0 Å². The van der Waals surface area contributed by atoms with Gasteiger partial charge in [-0.15, -0.1) is 0 Å². The lowest BCUT2D eigenvalue weighted by atomic mass is 9.96. The minimum Gasteiger partial charge on any atom is -0.497 e. The van der Waals surface area contributed by atoms with E-state index >= 15 is 0 Å². The number of aryl methyl sites for hydroxylation is 1. The highest BCUT2D eigenvalue weighted by molar-refractivity contribution is 14.1. The van der Waals surface area contributed by atoms with Crippen molar-refractivity contribution in [3.8, 4) is 28.0 Å². The molecule has 0 bridgehead atoms. The topological polar surface area (TPSA) is 63.6 Å². The molecule has 0 spiro atoms. The predicted octanol–water partition coefficient (Wildman–Crippen LogP) is 5.19. The quantitative estimate of drug-likeness (QED) is 0.413. The fourth-order valence-corrected chi connectivity index (χ4v) is 4.74. The summed E-state index contributed by atoms with van der Waals surface area (Å²) < 4.78 is 40.7. The van der Waals surface area contributed by atoms with Crippen LogP contribution in [-0.4, -0.2) is 20.1 Å². The third kappa shape index (κ3) is 3.62. The van der Waals surface area contributed by atoms with E-state index in [1.165, 1.54) is 0 Å². The summed E-state index contributed by atoms with van der Waals surface area (Å²) in [5.41, 5.74) is 3.34. The average molecular weight is 480 g/mol. The van der Waals surface area contributed by atoms with Gasteiger partial charge in [0.1, 0.15) is 10.6 Å². The molecule has 0 aromatic heterocycles. The van der Waals surface area contributed by atoms with Crippen molar-refractivity contribution in [1.82, 2.24) is 0 Å². The molecule has 26 heavy (non-hydrogen) atoms. The molecular weight excluding hydrogens is 463 g/mol. The second-order valence-corrected chi connectivity index (χ2v) is 8.27. The van der Waals surface area contributed by atoms with Gasteiger partial charge in [-0.2, -0.15) is 8.42 Å². The molecule has 6 heteroatoms. The Morgan fingerprint density at radius 2 is 1.58 bits per heavy atom. The summed E-state index contributed by atoms with van der Waals surface area (Å²) in [6.07, 6.45) is 0. The van der Waals surface area contributed by atoms with Crippen LogP contribution in [0.2, 0.25) is 0 Å². The lowest BCUT2D eigenvalue weighted by Gasteiger charge is -2.17. The number of halogens is 1. The number of hydrogen-bond acceptors (Lipinski definition) is 3. The smallest absolute Gasteiger partial charge is 0.295 e. The van der Waals surface area contributed by atoms with Crippen molar-refractivity contribution in [2.45, 2.75) is 11.8 Å². The zero-order valence-corrected chi connectivity index (χ0v) is 17.2. The highest BCUT2D eigenvalue weighted by Gasteiger charge is 2.26. The molecule has 134 valence electrons. The Hall–Kier alpha value is -1.90. The van der Waals surface area contributed by atoms with Crippen LogP contribution in [-0.2, 0) is 10.1 Å². The molecule has 0 aliphatic heterocycles. The predicted molar refractivity (Wildman–Crippen MR) is 111 cm³/mol. The third-order valence-electron chi connectivity index (χ3n) is 4.12. The van der Waals surface area contributed by atoms with Crippen molar-refractivity contribution in [3.05, 3.63) is 69.8 Å². The Labute approximate surface area is 166 Å². The Bertz CT molecular complexity index is 1040. The molecule has 0 saturated carbocycles. The normalized spacial score (nSPS) is 11.4. The summed E-state index contributed by atoms with van der Waals surface area (Å²) >= 11 is 2.13. The van der Waals surface area contributed by atoms with Crippen LogP contribution in [0.5, 0.6) is 5.75 Å². The molecule has 4 nitrogen and oxygen atoms in total.